The Bertz CT molecular complexity index is 677. The molecule has 0 saturated heterocycles. The fourth-order valence-electron chi connectivity index (χ4n) is 2.14. The number of anilines is 1. The zero-order valence-corrected chi connectivity index (χ0v) is 14.0. The number of hydrogen-bond acceptors (Lipinski definition) is 3. The van der Waals surface area contributed by atoms with Gasteiger partial charge in [0.25, 0.3) is 0 Å². The van der Waals surface area contributed by atoms with Crippen molar-refractivity contribution in [1.29, 1.82) is 0 Å². The van der Waals surface area contributed by atoms with E-state index in [0.717, 1.165) is 5.56 Å². The van der Waals surface area contributed by atoms with Crippen molar-refractivity contribution >= 4 is 23.3 Å². The van der Waals surface area contributed by atoms with Crippen molar-refractivity contribution in [1.82, 2.24) is 5.32 Å². The Labute approximate surface area is 140 Å². The molecule has 0 unspecified atom stereocenters. The smallest absolute Gasteiger partial charge is 0.319 e. The number of carbonyl (C=O) groups excluding carboxylic acids is 1. The van der Waals surface area contributed by atoms with Gasteiger partial charge < -0.3 is 20.1 Å². The first-order valence-corrected chi connectivity index (χ1v) is 7.47. The second-order valence-corrected chi connectivity index (χ2v) is 5.33. The molecule has 0 aliphatic rings. The van der Waals surface area contributed by atoms with Gasteiger partial charge in [0.15, 0.2) is 0 Å². The van der Waals surface area contributed by atoms with Crippen LogP contribution in [0, 0.1) is 0 Å². The van der Waals surface area contributed by atoms with Crippen molar-refractivity contribution in [2.24, 2.45) is 0 Å². The summed E-state index contributed by atoms with van der Waals surface area (Å²) in [4.78, 5) is 12.2. The summed E-state index contributed by atoms with van der Waals surface area (Å²) in [5, 5.41) is 5.99. The van der Waals surface area contributed by atoms with E-state index in [1.54, 1.807) is 12.1 Å². The first kappa shape index (κ1) is 17.0. The molecule has 2 rings (SSSR count). The van der Waals surface area contributed by atoms with Crippen LogP contribution in [0.25, 0.3) is 0 Å². The number of urea groups is 1. The Morgan fingerprint density at radius 2 is 1.74 bits per heavy atom. The Balaban J connectivity index is 2.09. The Kier molecular flexibility index (Phi) is 5.71. The molecule has 0 radical (unpaired) electrons. The standard InChI is InChI=1S/C17H19ClN2O3/c1-11(12-7-5-4-6-8-12)19-17(21)20-14-9-13(18)15(22-2)10-16(14)23-3/h4-11H,1-3H3,(H2,19,20,21)/t11-/m0/s1. The highest BCUT2D eigenvalue weighted by molar-refractivity contribution is 6.32. The molecule has 2 aromatic rings. The molecule has 23 heavy (non-hydrogen) atoms. The molecule has 0 aliphatic carbocycles. The van der Waals surface area contributed by atoms with E-state index in [1.165, 1.54) is 14.2 Å². The van der Waals surface area contributed by atoms with Gasteiger partial charge in [-0.25, -0.2) is 4.79 Å². The molecular weight excluding hydrogens is 316 g/mol. The summed E-state index contributed by atoms with van der Waals surface area (Å²) in [5.74, 6) is 0.945. The lowest BCUT2D eigenvalue weighted by Crippen LogP contribution is -2.31. The first-order valence-electron chi connectivity index (χ1n) is 7.09. The third-order valence-corrected chi connectivity index (χ3v) is 3.66. The molecule has 2 amide bonds. The highest BCUT2D eigenvalue weighted by Gasteiger charge is 2.14. The van der Waals surface area contributed by atoms with Gasteiger partial charge in [-0.3, -0.25) is 0 Å². The topological polar surface area (TPSA) is 59.6 Å². The molecule has 5 nitrogen and oxygen atoms in total. The summed E-state index contributed by atoms with van der Waals surface area (Å²) in [6, 6.07) is 12.4. The van der Waals surface area contributed by atoms with Crippen molar-refractivity contribution in [3.05, 3.63) is 53.1 Å². The molecule has 0 heterocycles. The molecule has 6 heteroatoms. The third kappa shape index (κ3) is 4.29. The maximum atomic E-state index is 12.2. The average molecular weight is 335 g/mol. The van der Waals surface area contributed by atoms with E-state index in [0.29, 0.717) is 22.2 Å². The molecule has 0 aromatic heterocycles. The average Bonchev–Trinajstić information content (AvgIpc) is 2.55. The number of benzene rings is 2. The van der Waals surface area contributed by atoms with Crippen LogP contribution in [0.5, 0.6) is 11.5 Å². The maximum absolute atomic E-state index is 12.2. The van der Waals surface area contributed by atoms with Crippen LogP contribution in [-0.2, 0) is 0 Å². The number of carbonyl (C=O) groups is 1. The third-order valence-electron chi connectivity index (χ3n) is 3.37. The molecule has 1 atom stereocenters. The minimum Gasteiger partial charge on any atom is -0.495 e. The van der Waals surface area contributed by atoms with Gasteiger partial charge in [0.1, 0.15) is 11.5 Å². The molecule has 0 saturated carbocycles. The van der Waals surface area contributed by atoms with E-state index in [2.05, 4.69) is 10.6 Å². The second-order valence-electron chi connectivity index (χ2n) is 4.92. The molecule has 0 spiro atoms. The van der Waals surface area contributed by atoms with Crippen LogP contribution in [0.4, 0.5) is 10.5 Å². The summed E-state index contributed by atoms with van der Waals surface area (Å²) in [6.45, 7) is 1.91. The van der Waals surface area contributed by atoms with Gasteiger partial charge in [-0.05, 0) is 18.6 Å². The number of halogens is 1. The summed E-state index contributed by atoms with van der Waals surface area (Å²) in [7, 11) is 3.03. The molecule has 0 bridgehead atoms. The highest BCUT2D eigenvalue weighted by Crippen LogP contribution is 2.35. The van der Waals surface area contributed by atoms with Crippen LogP contribution in [0.15, 0.2) is 42.5 Å². The van der Waals surface area contributed by atoms with Crippen LogP contribution in [0.2, 0.25) is 5.02 Å². The van der Waals surface area contributed by atoms with E-state index in [1.807, 2.05) is 37.3 Å². The fraction of sp³-hybridized carbons (Fsp3) is 0.235. The van der Waals surface area contributed by atoms with Crippen molar-refractivity contribution < 1.29 is 14.3 Å². The van der Waals surface area contributed by atoms with Gasteiger partial charge in [0.05, 0.1) is 31.0 Å². The number of ether oxygens (including phenoxy) is 2. The molecule has 0 fully saturated rings. The molecule has 2 N–H and O–H groups in total. The monoisotopic (exact) mass is 334 g/mol. The normalized spacial score (nSPS) is 11.5. The minimum absolute atomic E-state index is 0.129. The Morgan fingerprint density at radius 3 is 2.35 bits per heavy atom. The van der Waals surface area contributed by atoms with Crippen LogP contribution >= 0.6 is 11.6 Å². The fourth-order valence-corrected chi connectivity index (χ4v) is 2.38. The largest absolute Gasteiger partial charge is 0.495 e. The zero-order chi connectivity index (χ0) is 16.8. The van der Waals surface area contributed by atoms with Crippen molar-refractivity contribution in [3.63, 3.8) is 0 Å². The molecular formula is C17H19ClN2O3. The van der Waals surface area contributed by atoms with E-state index >= 15 is 0 Å². The molecule has 0 aliphatic heterocycles. The van der Waals surface area contributed by atoms with Crippen LogP contribution in [0.1, 0.15) is 18.5 Å². The van der Waals surface area contributed by atoms with E-state index < -0.39 is 0 Å². The van der Waals surface area contributed by atoms with E-state index in [-0.39, 0.29) is 12.1 Å². The molecule has 2 aromatic carbocycles. The van der Waals surface area contributed by atoms with Gasteiger partial charge in [-0.2, -0.15) is 0 Å². The number of methoxy groups -OCH3 is 2. The van der Waals surface area contributed by atoms with Gasteiger partial charge in [0.2, 0.25) is 0 Å². The summed E-state index contributed by atoms with van der Waals surface area (Å²) >= 11 is 6.09. The highest BCUT2D eigenvalue weighted by atomic mass is 35.5. The summed E-state index contributed by atoms with van der Waals surface area (Å²) in [5.41, 5.74) is 1.48. The van der Waals surface area contributed by atoms with Crippen LogP contribution < -0.4 is 20.1 Å². The number of nitrogens with one attached hydrogen (secondary N) is 2. The second kappa shape index (κ2) is 7.74. The Morgan fingerprint density at radius 1 is 1.09 bits per heavy atom. The van der Waals surface area contributed by atoms with Crippen LogP contribution in [0.3, 0.4) is 0 Å². The lowest BCUT2D eigenvalue weighted by molar-refractivity contribution is 0.249. The summed E-state index contributed by atoms with van der Waals surface area (Å²) in [6.07, 6.45) is 0. The first-order chi connectivity index (χ1) is 11.0. The lowest BCUT2D eigenvalue weighted by atomic mass is 10.1. The summed E-state index contributed by atoms with van der Waals surface area (Å²) < 4.78 is 10.4. The van der Waals surface area contributed by atoms with Gasteiger partial charge in [0, 0.05) is 6.07 Å². The van der Waals surface area contributed by atoms with Crippen molar-refractivity contribution in [2.75, 3.05) is 19.5 Å². The predicted molar refractivity (Wildman–Crippen MR) is 91.6 cm³/mol. The number of amides is 2. The van der Waals surface area contributed by atoms with Gasteiger partial charge >= 0.3 is 6.03 Å². The quantitative estimate of drug-likeness (QED) is 0.859. The lowest BCUT2D eigenvalue weighted by Gasteiger charge is -2.17. The predicted octanol–water partition coefficient (Wildman–Crippen LogP) is 4.24. The number of rotatable bonds is 5. The SMILES string of the molecule is COc1cc(OC)c(NC(=O)N[C@@H](C)c2ccccc2)cc1Cl. The van der Waals surface area contributed by atoms with Gasteiger partial charge in [-0.1, -0.05) is 41.9 Å². The minimum atomic E-state index is -0.346. The van der Waals surface area contributed by atoms with E-state index in [9.17, 15) is 4.79 Å². The van der Waals surface area contributed by atoms with Crippen molar-refractivity contribution in [2.45, 2.75) is 13.0 Å². The Hall–Kier alpha value is -2.40. The zero-order valence-electron chi connectivity index (χ0n) is 13.2. The van der Waals surface area contributed by atoms with Crippen LogP contribution in [-0.4, -0.2) is 20.3 Å². The maximum Gasteiger partial charge on any atom is 0.319 e. The molecule has 122 valence electrons. The number of hydrogen-bond donors (Lipinski definition) is 2. The van der Waals surface area contributed by atoms with E-state index in [4.69, 9.17) is 21.1 Å². The van der Waals surface area contributed by atoms with Crippen molar-refractivity contribution in [3.8, 4) is 11.5 Å². The van der Waals surface area contributed by atoms with Gasteiger partial charge in [-0.15, -0.1) is 0 Å².